The first kappa shape index (κ1) is 8.85. The number of hydrogen-bond acceptors (Lipinski definition) is 4. The maximum atomic E-state index is 8.63. The number of hydrogen-bond donors (Lipinski definition) is 0. The normalized spacial score (nSPS) is 9.71. The molecule has 68 valence electrons. The summed E-state index contributed by atoms with van der Waals surface area (Å²) >= 11 is 1.55. The Kier molecular flexibility index (Phi) is 2.25. The van der Waals surface area contributed by atoms with Crippen molar-refractivity contribution in [1.82, 2.24) is 10.2 Å². The first-order chi connectivity index (χ1) is 6.79. The fourth-order valence-electron chi connectivity index (χ4n) is 1.10. The van der Waals surface area contributed by atoms with Gasteiger partial charge >= 0.3 is 0 Å². The van der Waals surface area contributed by atoms with Crippen LogP contribution in [0, 0.1) is 18.3 Å². The molecule has 0 amide bonds. The van der Waals surface area contributed by atoms with Gasteiger partial charge in [-0.25, -0.2) is 0 Å². The van der Waals surface area contributed by atoms with Crippen LogP contribution in [0.2, 0.25) is 0 Å². The zero-order valence-corrected chi connectivity index (χ0v) is 8.38. The average molecular weight is 201 g/mol. The van der Waals surface area contributed by atoms with Gasteiger partial charge in [-0.15, -0.1) is 10.2 Å². The summed E-state index contributed by atoms with van der Waals surface area (Å²) in [4.78, 5) is 0. The number of aryl methyl sites for hydroxylation is 1. The number of nitriles is 1. The molecule has 4 heteroatoms. The Balaban J connectivity index is 2.39. The van der Waals surface area contributed by atoms with E-state index in [0.717, 1.165) is 15.6 Å². The smallest absolute Gasteiger partial charge is 0.147 e. The molecule has 14 heavy (non-hydrogen) atoms. The molecule has 2 rings (SSSR count). The lowest BCUT2D eigenvalue weighted by Crippen LogP contribution is -1.78. The fourth-order valence-corrected chi connectivity index (χ4v) is 1.80. The largest absolute Gasteiger partial charge is 0.192 e. The topological polar surface area (TPSA) is 49.6 Å². The fraction of sp³-hybridized carbons (Fsp3) is 0.100. The van der Waals surface area contributed by atoms with Gasteiger partial charge in [-0.3, -0.25) is 0 Å². The number of benzene rings is 1. The lowest BCUT2D eigenvalue weighted by atomic mass is 10.2. The summed E-state index contributed by atoms with van der Waals surface area (Å²) in [6.45, 7) is 1.92. The molecule has 0 spiro atoms. The number of rotatable bonds is 1. The van der Waals surface area contributed by atoms with E-state index in [2.05, 4.69) is 16.3 Å². The van der Waals surface area contributed by atoms with Gasteiger partial charge in [0.05, 0.1) is 11.6 Å². The Hall–Kier alpha value is -1.73. The molecule has 0 unspecified atom stereocenters. The molecule has 0 fully saturated rings. The van der Waals surface area contributed by atoms with E-state index in [1.54, 1.807) is 23.5 Å². The molecule has 0 aliphatic carbocycles. The average Bonchev–Trinajstić information content (AvgIpc) is 2.65. The summed E-state index contributed by atoms with van der Waals surface area (Å²) in [7, 11) is 0. The highest BCUT2D eigenvalue weighted by molar-refractivity contribution is 7.14. The molecular weight excluding hydrogens is 194 g/mol. The minimum Gasteiger partial charge on any atom is -0.192 e. The third-order valence-electron chi connectivity index (χ3n) is 1.79. The first-order valence-corrected chi connectivity index (χ1v) is 4.92. The van der Waals surface area contributed by atoms with E-state index < -0.39 is 0 Å². The van der Waals surface area contributed by atoms with Crippen LogP contribution in [0.3, 0.4) is 0 Å². The molecular formula is C10H7N3S. The maximum absolute atomic E-state index is 8.63. The van der Waals surface area contributed by atoms with Gasteiger partial charge in [0.15, 0.2) is 0 Å². The molecule has 0 N–H and O–H groups in total. The summed E-state index contributed by atoms with van der Waals surface area (Å²) in [6, 6.07) is 9.42. The number of nitrogens with zero attached hydrogens (tertiary/aromatic N) is 3. The van der Waals surface area contributed by atoms with Gasteiger partial charge in [-0.05, 0) is 19.1 Å². The minimum atomic E-state index is 0.662. The minimum absolute atomic E-state index is 0.662. The molecule has 2 aromatic rings. The van der Waals surface area contributed by atoms with Crippen LogP contribution >= 0.6 is 11.3 Å². The van der Waals surface area contributed by atoms with Crippen molar-refractivity contribution in [3.8, 4) is 16.6 Å². The van der Waals surface area contributed by atoms with Crippen LogP contribution in [-0.2, 0) is 0 Å². The second-order valence-corrected chi connectivity index (χ2v) is 4.00. The van der Waals surface area contributed by atoms with Gasteiger partial charge in [0.1, 0.15) is 10.0 Å². The van der Waals surface area contributed by atoms with E-state index in [4.69, 9.17) is 5.26 Å². The molecule has 0 bridgehead atoms. The Bertz CT molecular complexity index is 479. The Labute approximate surface area is 85.7 Å². The monoisotopic (exact) mass is 201 g/mol. The lowest BCUT2D eigenvalue weighted by molar-refractivity contribution is 1.05. The van der Waals surface area contributed by atoms with Crippen LogP contribution in [0.1, 0.15) is 10.6 Å². The zero-order chi connectivity index (χ0) is 9.97. The highest BCUT2D eigenvalue weighted by Crippen LogP contribution is 2.22. The molecule has 0 saturated carbocycles. The quantitative estimate of drug-likeness (QED) is 0.711. The van der Waals surface area contributed by atoms with E-state index in [1.165, 1.54) is 0 Å². The van der Waals surface area contributed by atoms with Gasteiger partial charge in [0.25, 0.3) is 0 Å². The Morgan fingerprint density at radius 3 is 2.43 bits per heavy atom. The molecule has 1 aromatic heterocycles. The summed E-state index contributed by atoms with van der Waals surface area (Å²) in [6.07, 6.45) is 0. The van der Waals surface area contributed by atoms with Crippen LogP contribution in [0.5, 0.6) is 0 Å². The summed E-state index contributed by atoms with van der Waals surface area (Å²) in [5.74, 6) is 0. The van der Waals surface area contributed by atoms with Crippen molar-refractivity contribution in [2.24, 2.45) is 0 Å². The van der Waals surface area contributed by atoms with Crippen molar-refractivity contribution >= 4 is 11.3 Å². The van der Waals surface area contributed by atoms with E-state index in [-0.39, 0.29) is 0 Å². The Morgan fingerprint density at radius 2 is 1.93 bits per heavy atom. The molecule has 0 aliphatic heterocycles. The first-order valence-electron chi connectivity index (χ1n) is 4.10. The second kappa shape index (κ2) is 3.56. The molecule has 0 atom stereocenters. The van der Waals surface area contributed by atoms with Crippen molar-refractivity contribution in [3.05, 3.63) is 34.8 Å². The van der Waals surface area contributed by atoms with Gasteiger partial charge in [0, 0.05) is 5.56 Å². The van der Waals surface area contributed by atoms with E-state index in [9.17, 15) is 0 Å². The van der Waals surface area contributed by atoms with Crippen LogP contribution in [0.15, 0.2) is 24.3 Å². The SMILES string of the molecule is Cc1nnc(-c2ccc(C#N)cc2)s1. The van der Waals surface area contributed by atoms with Crippen LogP contribution in [0.25, 0.3) is 10.6 Å². The third kappa shape index (κ3) is 1.63. The van der Waals surface area contributed by atoms with Crippen molar-refractivity contribution in [2.75, 3.05) is 0 Å². The molecule has 0 radical (unpaired) electrons. The van der Waals surface area contributed by atoms with Crippen molar-refractivity contribution < 1.29 is 0 Å². The van der Waals surface area contributed by atoms with E-state index in [1.807, 2.05) is 19.1 Å². The van der Waals surface area contributed by atoms with E-state index >= 15 is 0 Å². The van der Waals surface area contributed by atoms with Crippen molar-refractivity contribution in [1.29, 1.82) is 5.26 Å². The molecule has 0 aliphatic rings. The standard InChI is InChI=1S/C10H7N3S/c1-7-12-13-10(14-7)9-4-2-8(6-11)3-5-9/h2-5H,1H3. The maximum Gasteiger partial charge on any atom is 0.147 e. The molecule has 1 aromatic carbocycles. The zero-order valence-electron chi connectivity index (χ0n) is 7.56. The van der Waals surface area contributed by atoms with Gasteiger partial charge in [-0.2, -0.15) is 5.26 Å². The summed E-state index contributed by atoms with van der Waals surface area (Å²) in [5.41, 5.74) is 1.67. The van der Waals surface area contributed by atoms with Crippen LogP contribution in [0.4, 0.5) is 0 Å². The van der Waals surface area contributed by atoms with Crippen LogP contribution in [-0.4, -0.2) is 10.2 Å². The van der Waals surface area contributed by atoms with E-state index in [0.29, 0.717) is 5.56 Å². The summed E-state index contributed by atoms with van der Waals surface area (Å²) < 4.78 is 0. The molecule has 0 saturated heterocycles. The van der Waals surface area contributed by atoms with Gasteiger partial charge in [-0.1, -0.05) is 23.5 Å². The third-order valence-corrected chi connectivity index (χ3v) is 2.67. The molecule has 3 nitrogen and oxygen atoms in total. The van der Waals surface area contributed by atoms with Gasteiger partial charge < -0.3 is 0 Å². The lowest BCUT2D eigenvalue weighted by Gasteiger charge is -1.93. The predicted molar refractivity (Wildman–Crippen MR) is 54.8 cm³/mol. The highest BCUT2D eigenvalue weighted by Gasteiger charge is 2.02. The summed E-state index contributed by atoms with van der Waals surface area (Å²) in [5, 5.41) is 18.4. The van der Waals surface area contributed by atoms with Crippen molar-refractivity contribution in [2.45, 2.75) is 6.92 Å². The van der Waals surface area contributed by atoms with Crippen LogP contribution < -0.4 is 0 Å². The van der Waals surface area contributed by atoms with Crippen molar-refractivity contribution in [3.63, 3.8) is 0 Å². The number of aromatic nitrogens is 2. The Morgan fingerprint density at radius 1 is 1.21 bits per heavy atom. The van der Waals surface area contributed by atoms with Gasteiger partial charge in [0.2, 0.25) is 0 Å². The highest BCUT2D eigenvalue weighted by atomic mass is 32.1. The molecule has 1 heterocycles. The predicted octanol–water partition coefficient (Wildman–Crippen LogP) is 2.39. The second-order valence-electron chi connectivity index (χ2n) is 2.82.